The second-order valence-corrected chi connectivity index (χ2v) is 6.25. The first-order valence-corrected chi connectivity index (χ1v) is 8.84. The highest BCUT2D eigenvalue weighted by molar-refractivity contribution is 5.94. The van der Waals surface area contributed by atoms with Crippen molar-refractivity contribution in [3.63, 3.8) is 0 Å². The first-order valence-electron chi connectivity index (χ1n) is 8.84. The predicted molar refractivity (Wildman–Crippen MR) is 97.6 cm³/mol. The Labute approximate surface area is 164 Å². The van der Waals surface area contributed by atoms with Crippen LogP contribution in [0, 0.1) is 6.92 Å². The number of amides is 1. The van der Waals surface area contributed by atoms with Crippen molar-refractivity contribution in [1.29, 1.82) is 0 Å². The van der Waals surface area contributed by atoms with Crippen molar-refractivity contribution in [2.75, 3.05) is 6.54 Å². The van der Waals surface area contributed by atoms with Crippen LogP contribution in [0.3, 0.4) is 0 Å². The maximum absolute atomic E-state index is 12.8. The van der Waals surface area contributed by atoms with Crippen LogP contribution >= 0.6 is 0 Å². The maximum Gasteiger partial charge on any atom is 0.416 e. The zero-order valence-electron chi connectivity index (χ0n) is 15.5. The molecule has 0 aliphatic carbocycles. The lowest BCUT2D eigenvalue weighted by Gasteiger charge is -2.11. The molecule has 0 saturated heterocycles. The van der Waals surface area contributed by atoms with Gasteiger partial charge in [0.05, 0.1) is 5.56 Å². The number of aryl methyl sites for hydroxylation is 2. The normalized spacial score (nSPS) is 11.3. The van der Waals surface area contributed by atoms with E-state index in [1.165, 1.54) is 18.2 Å². The highest BCUT2D eigenvalue weighted by atomic mass is 19.4. The van der Waals surface area contributed by atoms with Crippen LogP contribution in [-0.4, -0.2) is 22.6 Å². The molecule has 0 aliphatic rings. The topological polar surface area (TPSA) is 77.2 Å². The van der Waals surface area contributed by atoms with Gasteiger partial charge in [-0.3, -0.25) is 4.79 Å². The maximum atomic E-state index is 12.8. The van der Waals surface area contributed by atoms with Gasteiger partial charge in [-0.25, -0.2) is 0 Å². The molecule has 1 aromatic heterocycles. The molecule has 3 aromatic rings. The Balaban J connectivity index is 1.56. The molecule has 2 aromatic carbocycles. The number of hydrogen-bond acceptors (Lipinski definition) is 5. The van der Waals surface area contributed by atoms with Gasteiger partial charge in [0.25, 0.3) is 5.91 Å². The number of benzene rings is 2. The number of ether oxygens (including phenoxy) is 1. The van der Waals surface area contributed by atoms with Gasteiger partial charge < -0.3 is 14.6 Å². The molecule has 0 bridgehead atoms. The molecule has 1 heterocycles. The van der Waals surface area contributed by atoms with Crippen LogP contribution < -0.4 is 10.1 Å². The largest absolute Gasteiger partial charge is 0.457 e. The minimum atomic E-state index is -4.46. The first-order chi connectivity index (χ1) is 13.8. The van der Waals surface area contributed by atoms with Gasteiger partial charge in [-0.15, -0.1) is 0 Å². The van der Waals surface area contributed by atoms with E-state index >= 15 is 0 Å². The molecule has 29 heavy (non-hydrogen) atoms. The summed E-state index contributed by atoms with van der Waals surface area (Å²) in [6.07, 6.45) is -3.30. The minimum Gasteiger partial charge on any atom is -0.457 e. The van der Waals surface area contributed by atoms with Crippen LogP contribution in [0.1, 0.15) is 34.1 Å². The molecule has 1 amide bonds. The standard InChI is InChI=1S/C20H18F3N3O3/c1-13-25-18(29-26-13)9-4-10-24-19(27)14-5-2-7-16(11-14)28-17-8-3-6-15(12-17)20(21,22)23/h2-3,5-8,11-12H,4,9-10H2,1H3,(H,24,27). The summed E-state index contributed by atoms with van der Waals surface area (Å²) in [6, 6.07) is 10.8. The Morgan fingerprint density at radius 3 is 2.55 bits per heavy atom. The Hall–Kier alpha value is -3.36. The Bertz CT molecular complexity index is 986. The zero-order valence-corrected chi connectivity index (χ0v) is 15.5. The van der Waals surface area contributed by atoms with Crippen LogP contribution in [-0.2, 0) is 12.6 Å². The fourth-order valence-electron chi connectivity index (χ4n) is 2.56. The van der Waals surface area contributed by atoms with Gasteiger partial charge in [0, 0.05) is 18.5 Å². The molecule has 0 aliphatic heterocycles. The van der Waals surface area contributed by atoms with Gasteiger partial charge >= 0.3 is 6.18 Å². The van der Waals surface area contributed by atoms with Gasteiger partial charge in [-0.1, -0.05) is 17.3 Å². The van der Waals surface area contributed by atoms with E-state index in [1.807, 2.05) is 0 Å². The lowest BCUT2D eigenvalue weighted by molar-refractivity contribution is -0.137. The highest BCUT2D eigenvalue weighted by Gasteiger charge is 2.30. The van der Waals surface area contributed by atoms with Crippen molar-refractivity contribution in [3.05, 3.63) is 71.4 Å². The zero-order chi connectivity index (χ0) is 20.9. The van der Waals surface area contributed by atoms with Crippen molar-refractivity contribution >= 4 is 5.91 Å². The summed E-state index contributed by atoms with van der Waals surface area (Å²) in [5.74, 6) is 1.04. The molecule has 0 fully saturated rings. The van der Waals surface area contributed by atoms with E-state index in [4.69, 9.17) is 9.26 Å². The summed E-state index contributed by atoms with van der Waals surface area (Å²) in [5, 5.41) is 6.45. The lowest BCUT2D eigenvalue weighted by Crippen LogP contribution is -2.24. The fraction of sp³-hybridized carbons (Fsp3) is 0.250. The fourth-order valence-corrected chi connectivity index (χ4v) is 2.56. The summed E-state index contributed by atoms with van der Waals surface area (Å²) in [5.41, 5.74) is -0.469. The van der Waals surface area contributed by atoms with Crippen LogP contribution in [0.2, 0.25) is 0 Å². The van der Waals surface area contributed by atoms with Gasteiger partial charge in [-0.05, 0) is 49.7 Å². The minimum absolute atomic E-state index is 0.0345. The number of rotatable bonds is 7. The van der Waals surface area contributed by atoms with Gasteiger partial charge in [-0.2, -0.15) is 18.2 Å². The number of carbonyl (C=O) groups excluding carboxylic acids is 1. The molecule has 152 valence electrons. The van der Waals surface area contributed by atoms with E-state index in [2.05, 4.69) is 15.5 Å². The molecule has 3 rings (SSSR count). The summed E-state index contributed by atoms with van der Waals surface area (Å²) >= 11 is 0. The third kappa shape index (κ3) is 5.81. The average Bonchev–Trinajstić information content (AvgIpc) is 3.10. The molecule has 0 radical (unpaired) electrons. The molecule has 0 unspecified atom stereocenters. The molecular weight excluding hydrogens is 387 g/mol. The lowest BCUT2D eigenvalue weighted by atomic mass is 10.2. The Kier molecular flexibility index (Phi) is 6.16. The number of aromatic nitrogens is 2. The summed E-state index contributed by atoms with van der Waals surface area (Å²) in [6.45, 7) is 2.13. The first kappa shape index (κ1) is 20.4. The molecule has 1 N–H and O–H groups in total. The van der Waals surface area contributed by atoms with E-state index in [-0.39, 0.29) is 17.4 Å². The van der Waals surface area contributed by atoms with Gasteiger partial charge in [0.1, 0.15) is 11.5 Å². The molecule has 6 nitrogen and oxygen atoms in total. The van der Waals surface area contributed by atoms with Crippen LogP contribution in [0.15, 0.2) is 53.1 Å². The van der Waals surface area contributed by atoms with E-state index in [0.29, 0.717) is 36.7 Å². The summed E-state index contributed by atoms with van der Waals surface area (Å²) in [7, 11) is 0. The SMILES string of the molecule is Cc1noc(CCCNC(=O)c2cccc(Oc3cccc(C(F)(F)F)c3)c2)n1. The van der Waals surface area contributed by atoms with Crippen LogP contribution in [0.4, 0.5) is 13.2 Å². The molecule has 0 spiro atoms. The monoisotopic (exact) mass is 405 g/mol. The van der Waals surface area contributed by atoms with E-state index in [0.717, 1.165) is 12.1 Å². The van der Waals surface area contributed by atoms with Crippen molar-refractivity contribution < 1.29 is 27.2 Å². The van der Waals surface area contributed by atoms with Crippen LogP contribution in [0.5, 0.6) is 11.5 Å². The van der Waals surface area contributed by atoms with Gasteiger partial charge in [0.15, 0.2) is 5.82 Å². The van der Waals surface area contributed by atoms with Crippen molar-refractivity contribution in [2.24, 2.45) is 0 Å². The Morgan fingerprint density at radius 1 is 1.14 bits per heavy atom. The molecule has 0 atom stereocenters. The smallest absolute Gasteiger partial charge is 0.416 e. The third-order valence-electron chi connectivity index (χ3n) is 3.92. The van der Waals surface area contributed by atoms with Crippen LogP contribution in [0.25, 0.3) is 0 Å². The quantitative estimate of drug-likeness (QED) is 0.584. The second kappa shape index (κ2) is 8.76. The summed E-state index contributed by atoms with van der Waals surface area (Å²) < 4.78 is 48.9. The Morgan fingerprint density at radius 2 is 1.86 bits per heavy atom. The van der Waals surface area contributed by atoms with E-state index < -0.39 is 11.7 Å². The number of halogens is 3. The number of alkyl halides is 3. The van der Waals surface area contributed by atoms with E-state index in [9.17, 15) is 18.0 Å². The number of nitrogens with one attached hydrogen (secondary N) is 1. The average molecular weight is 405 g/mol. The highest BCUT2D eigenvalue weighted by Crippen LogP contribution is 2.32. The van der Waals surface area contributed by atoms with Crippen molar-refractivity contribution in [1.82, 2.24) is 15.5 Å². The summed E-state index contributed by atoms with van der Waals surface area (Å²) in [4.78, 5) is 16.4. The molecule has 0 saturated carbocycles. The van der Waals surface area contributed by atoms with Crippen molar-refractivity contribution in [3.8, 4) is 11.5 Å². The molecular formula is C20H18F3N3O3. The second-order valence-electron chi connectivity index (χ2n) is 6.25. The van der Waals surface area contributed by atoms with Gasteiger partial charge in [0.2, 0.25) is 5.89 Å². The van der Waals surface area contributed by atoms with Crippen molar-refractivity contribution in [2.45, 2.75) is 25.9 Å². The van der Waals surface area contributed by atoms with E-state index in [1.54, 1.807) is 25.1 Å². The third-order valence-corrected chi connectivity index (χ3v) is 3.92. The number of carbonyl (C=O) groups is 1. The predicted octanol–water partition coefficient (Wildman–Crippen LogP) is 4.55. The number of nitrogens with zero attached hydrogens (tertiary/aromatic N) is 2. The number of hydrogen-bond donors (Lipinski definition) is 1. The molecule has 9 heteroatoms.